The number of carbonyl (C=O) groups is 2. The van der Waals surface area contributed by atoms with Crippen molar-refractivity contribution in [1.82, 2.24) is 0 Å². The molecule has 0 bridgehead atoms. The quantitative estimate of drug-likeness (QED) is 0.281. The van der Waals surface area contributed by atoms with E-state index in [1.54, 1.807) is 55.5 Å². The number of nitrogens with one attached hydrogen (secondary N) is 1. The fourth-order valence-electron chi connectivity index (χ4n) is 2.64. The summed E-state index contributed by atoms with van der Waals surface area (Å²) in [6.07, 6.45) is 1.32. The average molecular weight is 455 g/mol. The smallest absolute Gasteiger partial charge is 0.338 e. The summed E-state index contributed by atoms with van der Waals surface area (Å²) in [5.41, 5.74) is 1.28. The van der Waals surface area contributed by atoms with E-state index in [0.717, 1.165) is 5.56 Å². The van der Waals surface area contributed by atoms with Crippen molar-refractivity contribution in [2.45, 2.75) is 6.92 Å². The fraction of sp³-hybridized carbons (Fsp3) is 0.0870. The first-order valence-electron chi connectivity index (χ1n) is 9.17. The summed E-state index contributed by atoms with van der Waals surface area (Å²) >= 11 is 12.0. The van der Waals surface area contributed by atoms with Crippen LogP contribution in [0.1, 0.15) is 23.0 Å². The van der Waals surface area contributed by atoms with Gasteiger partial charge in [0.25, 0.3) is 5.91 Å². The van der Waals surface area contributed by atoms with Crippen molar-refractivity contribution in [3.05, 3.63) is 81.5 Å². The zero-order chi connectivity index (χ0) is 22.4. The van der Waals surface area contributed by atoms with Crippen molar-refractivity contribution < 1.29 is 18.7 Å². The average Bonchev–Trinajstić information content (AvgIpc) is 3.23. The number of ether oxygens (including phenoxy) is 1. The Labute approximate surface area is 188 Å². The maximum absolute atomic E-state index is 12.5. The second kappa shape index (κ2) is 9.98. The monoisotopic (exact) mass is 454 g/mol. The molecule has 0 aliphatic rings. The molecule has 1 heterocycles. The number of carbonyl (C=O) groups excluding carboxylic acids is 2. The first-order valence-corrected chi connectivity index (χ1v) is 9.92. The summed E-state index contributed by atoms with van der Waals surface area (Å²) in [5, 5.41) is 12.6. The predicted molar refractivity (Wildman–Crippen MR) is 119 cm³/mol. The number of esters is 1. The van der Waals surface area contributed by atoms with Gasteiger partial charge >= 0.3 is 5.97 Å². The minimum absolute atomic E-state index is 0.172. The molecule has 1 amide bonds. The third kappa shape index (κ3) is 5.54. The number of benzene rings is 2. The summed E-state index contributed by atoms with van der Waals surface area (Å²) in [6.45, 7) is 2.04. The lowest BCUT2D eigenvalue weighted by atomic mass is 10.1. The Hall–Kier alpha value is -3.53. The fourth-order valence-corrected chi connectivity index (χ4v) is 2.98. The highest BCUT2D eigenvalue weighted by atomic mass is 35.5. The van der Waals surface area contributed by atoms with Gasteiger partial charge in [-0.15, -0.1) is 0 Å². The highest BCUT2D eigenvalue weighted by Crippen LogP contribution is 2.27. The molecule has 156 valence electrons. The molecule has 0 aliphatic carbocycles. The Balaban J connectivity index is 1.77. The van der Waals surface area contributed by atoms with Gasteiger partial charge in [0.2, 0.25) is 0 Å². The standard InChI is InChI=1S/C23H16Cl2N2O4/c1-2-30-23(29)15-5-3-14(4-6-15)21-10-8-18(31-21)11-16(13-26)22(28)27-20-12-17(24)7-9-19(20)25/h3-12H,2H2,1H3,(H,27,28)/b16-11-. The predicted octanol–water partition coefficient (Wildman–Crippen LogP) is 5.98. The first-order chi connectivity index (χ1) is 14.9. The maximum atomic E-state index is 12.5. The number of nitrogens with zero attached hydrogens (tertiary/aromatic N) is 1. The molecule has 8 heteroatoms. The van der Waals surface area contributed by atoms with E-state index in [-0.39, 0.29) is 5.57 Å². The van der Waals surface area contributed by atoms with Crippen molar-refractivity contribution >= 4 is 46.8 Å². The summed E-state index contributed by atoms with van der Waals surface area (Å²) in [6, 6.07) is 16.5. The minimum Gasteiger partial charge on any atom is -0.462 e. The van der Waals surface area contributed by atoms with Crippen molar-refractivity contribution in [1.29, 1.82) is 5.26 Å². The number of amides is 1. The van der Waals surface area contributed by atoms with Gasteiger partial charge in [-0.25, -0.2) is 4.79 Å². The number of furan rings is 1. The largest absolute Gasteiger partial charge is 0.462 e. The van der Waals surface area contributed by atoms with Crippen molar-refractivity contribution in [3.63, 3.8) is 0 Å². The number of nitriles is 1. The third-order valence-corrected chi connectivity index (χ3v) is 4.70. The minimum atomic E-state index is -0.650. The van der Waals surface area contributed by atoms with Gasteiger partial charge < -0.3 is 14.5 Å². The molecule has 0 saturated carbocycles. The van der Waals surface area contributed by atoms with Crippen molar-refractivity contribution in [2.75, 3.05) is 11.9 Å². The lowest BCUT2D eigenvalue weighted by Gasteiger charge is -2.06. The van der Waals surface area contributed by atoms with E-state index in [4.69, 9.17) is 32.4 Å². The maximum Gasteiger partial charge on any atom is 0.338 e. The second-order valence-electron chi connectivity index (χ2n) is 6.25. The number of anilines is 1. The molecular weight excluding hydrogens is 439 g/mol. The van der Waals surface area contributed by atoms with E-state index in [1.165, 1.54) is 12.1 Å². The number of rotatable bonds is 6. The van der Waals surface area contributed by atoms with Gasteiger partial charge in [-0.3, -0.25) is 4.79 Å². The van der Waals surface area contributed by atoms with Crippen LogP contribution in [0.5, 0.6) is 0 Å². The van der Waals surface area contributed by atoms with Crippen LogP contribution >= 0.6 is 23.2 Å². The van der Waals surface area contributed by atoms with Crippen LogP contribution < -0.4 is 5.32 Å². The molecule has 1 aromatic heterocycles. The first kappa shape index (κ1) is 22.2. The Morgan fingerprint density at radius 1 is 1.13 bits per heavy atom. The SMILES string of the molecule is CCOC(=O)c1ccc(-c2ccc(/C=C(/C#N)C(=O)Nc3cc(Cl)ccc3Cl)o2)cc1. The molecule has 0 spiro atoms. The van der Waals surface area contributed by atoms with Gasteiger partial charge in [-0.2, -0.15) is 5.26 Å². The van der Waals surface area contributed by atoms with Crippen molar-refractivity contribution in [2.24, 2.45) is 0 Å². The molecule has 0 saturated heterocycles. The van der Waals surface area contributed by atoms with Crippen LogP contribution in [0.4, 0.5) is 5.69 Å². The van der Waals surface area contributed by atoms with E-state index in [1.807, 2.05) is 6.07 Å². The molecule has 0 radical (unpaired) electrons. The van der Waals surface area contributed by atoms with Crippen LogP contribution in [-0.2, 0) is 9.53 Å². The van der Waals surface area contributed by atoms with Gasteiger partial charge in [0.15, 0.2) is 0 Å². The van der Waals surface area contributed by atoms with Crippen LogP contribution in [0.25, 0.3) is 17.4 Å². The summed E-state index contributed by atoms with van der Waals surface area (Å²) < 4.78 is 10.7. The molecule has 0 unspecified atom stereocenters. The summed E-state index contributed by atoms with van der Waals surface area (Å²) in [5.74, 6) is -0.226. The van der Waals surface area contributed by atoms with E-state index < -0.39 is 11.9 Å². The molecule has 0 fully saturated rings. The Bertz CT molecular complexity index is 1190. The topological polar surface area (TPSA) is 92.3 Å². The van der Waals surface area contributed by atoms with Gasteiger partial charge in [-0.1, -0.05) is 35.3 Å². The van der Waals surface area contributed by atoms with E-state index >= 15 is 0 Å². The molecule has 2 aromatic carbocycles. The Morgan fingerprint density at radius 2 is 1.87 bits per heavy atom. The third-order valence-electron chi connectivity index (χ3n) is 4.14. The number of hydrogen-bond acceptors (Lipinski definition) is 5. The van der Waals surface area contributed by atoms with Crippen LogP contribution in [0, 0.1) is 11.3 Å². The van der Waals surface area contributed by atoms with Crippen LogP contribution in [0.2, 0.25) is 10.0 Å². The van der Waals surface area contributed by atoms with Crippen LogP contribution in [-0.4, -0.2) is 18.5 Å². The summed E-state index contributed by atoms with van der Waals surface area (Å²) in [7, 11) is 0. The Kier molecular flexibility index (Phi) is 7.14. The lowest BCUT2D eigenvalue weighted by Crippen LogP contribution is -2.13. The summed E-state index contributed by atoms with van der Waals surface area (Å²) in [4.78, 5) is 24.2. The Morgan fingerprint density at radius 3 is 2.55 bits per heavy atom. The van der Waals surface area contributed by atoms with Gasteiger partial charge in [0.05, 0.1) is 22.9 Å². The number of hydrogen-bond donors (Lipinski definition) is 1. The second-order valence-corrected chi connectivity index (χ2v) is 7.09. The number of halogens is 2. The highest BCUT2D eigenvalue weighted by molar-refractivity contribution is 6.36. The molecule has 3 aromatic rings. The molecule has 31 heavy (non-hydrogen) atoms. The molecule has 0 aliphatic heterocycles. The molecule has 0 atom stereocenters. The van der Waals surface area contributed by atoms with Gasteiger partial charge in [0, 0.05) is 16.7 Å². The lowest BCUT2D eigenvalue weighted by molar-refractivity contribution is -0.112. The molecular formula is C23H16Cl2N2O4. The van der Waals surface area contributed by atoms with Crippen LogP contribution in [0.15, 0.2) is 64.6 Å². The highest BCUT2D eigenvalue weighted by Gasteiger charge is 2.14. The van der Waals surface area contributed by atoms with E-state index in [0.29, 0.717) is 39.4 Å². The van der Waals surface area contributed by atoms with Crippen molar-refractivity contribution in [3.8, 4) is 17.4 Å². The molecule has 6 nitrogen and oxygen atoms in total. The zero-order valence-corrected chi connectivity index (χ0v) is 17.8. The van der Waals surface area contributed by atoms with Gasteiger partial charge in [0.1, 0.15) is 23.2 Å². The molecule has 3 rings (SSSR count). The van der Waals surface area contributed by atoms with Gasteiger partial charge in [-0.05, 0) is 49.4 Å². The normalized spacial score (nSPS) is 11.0. The van der Waals surface area contributed by atoms with E-state index in [9.17, 15) is 14.9 Å². The van der Waals surface area contributed by atoms with Crippen LogP contribution in [0.3, 0.4) is 0 Å². The zero-order valence-electron chi connectivity index (χ0n) is 16.3. The van der Waals surface area contributed by atoms with E-state index in [2.05, 4.69) is 5.32 Å². The molecule has 1 N–H and O–H groups in total.